The molecule has 0 saturated heterocycles. The van der Waals surface area contributed by atoms with Crippen LogP contribution in [-0.4, -0.2) is 74.8 Å². The lowest BCUT2D eigenvalue weighted by molar-refractivity contribution is -0.163. The Morgan fingerprint density at radius 3 is 1.21 bits per heavy atom. The van der Waals surface area contributed by atoms with Gasteiger partial charge in [0, 0.05) is 41.9 Å². The molecule has 0 aromatic heterocycles. The minimum Gasteiger partial charge on any atom is -0.465 e. The highest BCUT2D eigenvalue weighted by Gasteiger charge is 2.51. The summed E-state index contributed by atoms with van der Waals surface area (Å²) in [5.41, 5.74) is -1.28. The van der Waals surface area contributed by atoms with Crippen LogP contribution in [0.15, 0.2) is 0 Å². The predicted molar refractivity (Wildman–Crippen MR) is 292 cm³/mol. The molecule has 0 spiro atoms. The van der Waals surface area contributed by atoms with Crippen LogP contribution >= 0.6 is 0 Å². The molecule has 1 aliphatic rings. The van der Waals surface area contributed by atoms with Crippen LogP contribution in [0.3, 0.4) is 0 Å². The summed E-state index contributed by atoms with van der Waals surface area (Å²) in [7, 11) is 0. The molecule has 412 valence electrons. The molecule has 1 rings (SSSR count). The zero-order chi connectivity index (χ0) is 51.6. The van der Waals surface area contributed by atoms with Crippen LogP contribution in [0.4, 0.5) is 0 Å². The van der Waals surface area contributed by atoms with Gasteiger partial charge >= 0.3 is 23.9 Å². The highest BCUT2D eigenvalue weighted by molar-refractivity contribution is 5.70. The first-order valence-corrected chi connectivity index (χ1v) is 30.2. The summed E-state index contributed by atoms with van der Waals surface area (Å²) in [4.78, 5) is 55.9. The maximum Gasteiger partial charge on any atom is 0.305 e. The molecule has 0 aromatic rings. The lowest BCUT2D eigenvalue weighted by atomic mass is 9.54. The average molecular weight is 991 g/mol. The third kappa shape index (κ3) is 32.8. The number of hydrogen-bond donors (Lipinski definition) is 0. The first-order chi connectivity index (χ1) is 33.9. The summed E-state index contributed by atoms with van der Waals surface area (Å²) in [6, 6.07) is 0. The van der Waals surface area contributed by atoms with Gasteiger partial charge in [0.25, 0.3) is 0 Å². The minimum atomic E-state index is -0.500. The Balaban J connectivity index is 3.27. The van der Waals surface area contributed by atoms with Crippen molar-refractivity contribution in [2.75, 3.05) is 46.1 Å². The van der Waals surface area contributed by atoms with Gasteiger partial charge in [-0.2, -0.15) is 0 Å². The molecule has 1 fully saturated rings. The van der Waals surface area contributed by atoms with Gasteiger partial charge in [-0.1, -0.05) is 209 Å². The zero-order valence-electron chi connectivity index (χ0n) is 47.6. The highest BCUT2D eigenvalue weighted by atomic mass is 16.5. The van der Waals surface area contributed by atoms with E-state index in [0.29, 0.717) is 58.2 Å². The molecule has 0 heterocycles. The fourth-order valence-electron chi connectivity index (χ4n) is 11.3. The van der Waals surface area contributed by atoms with Crippen molar-refractivity contribution in [2.24, 2.45) is 22.2 Å². The summed E-state index contributed by atoms with van der Waals surface area (Å²) in [6.07, 6.45) is 38.9. The SMILES string of the molecule is CCCCCCCCCCCC(=O)OCC1CC(CC)(COC(=O)CCCN(CC)CC)CC(COC(=O)CCCCCCCCCCC)(CC(C)(CC)COC(=O)CCCCCCCCCCC)C1. The van der Waals surface area contributed by atoms with Gasteiger partial charge in [-0.3, -0.25) is 19.2 Å². The van der Waals surface area contributed by atoms with E-state index in [4.69, 9.17) is 18.9 Å². The van der Waals surface area contributed by atoms with Crippen LogP contribution < -0.4 is 0 Å². The quantitative estimate of drug-likeness (QED) is 0.0334. The molecule has 0 amide bonds. The molecule has 0 bridgehead atoms. The Labute approximate surface area is 432 Å². The second-order valence-electron chi connectivity index (χ2n) is 22.7. The average Bonchev–Trinajstić information content (AvgIpc) is 3.36. The van der Waals surface area contributed by atoms with Crippen molar-refractivity contribution in [1.82, 2.24) is 4.90 Å². The molecule has 0 radical (unpaired) electrons. The molecule has 0 N–H and O–H groups in total. The van der Waals surface area contributed by atoms with Gasteiger partial charge in [-0.15, -0.1) is 0 Å². The Morgan fingerprint density at radius 1 is 0.457 bits per heavy atom. The second-order valence-corrected chi connectivity index (χ2v) is 22.7. The zero-order valence-corrected chi connectivity index (χ0v) is 47.6. The third-order valence-corrected chi connectivity index (χ3v) is 15.9. The Hall–Kier alpha value is -2.16. The van der Waals surface area contributed by atoms with Crippen LogP contribution in [-0.2, 0) is 38.1 Å². The Bertz CT molecular complexity index is 1300. The van der Waals surface area contributed by atoms with Crippen molar-refractivity contribution in [3.63, 3.8) is 0 Å². The van der Waals surface area contributed by atoms with E-state index in [0.717, 1.165) is 103 Å². The van der Waals surface area contributed by atoms with Gasteiger partial charge in [0.1, 0.15) is 0 Å². The molecule has 1 aliphatic carbocycles. The highest BCUT2D eigenvalue weighted by Crippen LogP contribution is 2.56. The summed E-state index contributed by atoms with van der Waals surface area (Å²) in [5.74, 6) is -0.631. The Morgan fingerprint density at radius 2 is 0.814 bits per heavy atom. The number of carbonyl (C=O) groups is 4. The lowest BCUT2D eigenvalue weighted by Gasteiger charge is -2.52. The van der Waals surface area contributed by atoms with Gasteiger partial charge < -0.3 is 23.8 Å². The van der Waals surface area contributed by atoms with E-state index in [2.05, 4.69) is 60.3 Å². The topological polar surface area (TPSA) is 108 Å². The lowest BCUT2D eigenvalue weighted by Crippen LogP contribution is -2.49. The molecule has 4 atom stereocenters. The second kappa shape index (κ2) is 42.2. The van der Waals surface area contributed by atoms with Crippen LogP contribution in [0.25, 0.3) is 0 Å². The fourth-order valence-corrected chi connectivity index (χ4v) is 11.3. The molecular formula is C61H115NO8. The number of hydrogen-bond acceptors (Lipinski definition) is 9. The molecule has 70 heavy (non-hydrogen) atoms. The van der Waals surface area contributed by atoms with Crippen molar-refractivity contribution < 1.29 is 38.1 Å². The van der Waals surface area contributed by atoms with Crippen molar-refractivity contribution >= 4 is 23.9 Å². The summed E-state index contributed by atoms with van der Waals surface area (Å²) >= 11 is 0. The molecule has 0 aliphatic heterocycles. The fraction of sp³-hybridized carbons (Fsp3) is 0.934. The van der Waals surface area contributed by atoms with Crippen molar-refractivity contribution in [3.05, 3.63) is 0 Å². The standard InChI is InChI=1S/C61H115NO8/c1-9-16-19-22-25-28-31-34-37-41-55(63)67-48-54-46-60(13-5,52-69-58(66)44-40-45-62(14-6)15-7)50-61(47-54,53-70-57(65)43-39-36-33-30-27-24-21-18-11-3)49-59(8,12-4)51-68-56(64)42-38-35-32-29-26-23-20-17-10-2/h54H,9-53H2,1-8H3. The largest absolute Gasteiger partial charge is 0.465 e. The number of nitrogens with zero attached hydrogens (tertiary/aromatic N) is 1. The van der Waals surface area contributed by atoms with E-state index in [9.17, 15) is 19.2 Å². The maximum absolute atomic E-state index is 13.6. The van der Waals surface area contributed by atoms with Gasteiger partial charge in [0.2, 0.25) is 0 Å². The van der Waals surface area contributed by atoms with E-state index < -0.39 is 10.8 Å². The van der Waals surface area contributed by atoms with Crippen molar-refractivity contribution in [2.45, 2.75) is 299 Å². The van der Waals surface area contributed by atoms with Gasteiger partial charge in [-0.25, -0.2) is 0 Å². The van der Waals surface area contributed by atoms with E-state index >= 15 is 0 Å². The van der Waals surface area contributed by atoms with Gasteiger partial charge in [0.05, 0.1) is 26.4 Å². The first-order valence-electron chi connectivity index (χ1n) is 30.2. The van der Waals surface area contributed by atoms with E-state index in [-0.39, 0.29) is 48.4 Å². The molecule has 1 saturated carbocycles. The number of unbranched alkanes of at least 4 members (excludes halogenated alkanes) is 24. The molecular weight excluding hydrogens is 875 g/mol. The number of esters is 4. The van der Waals surface area contributed by atoms with Gasteiger partial charge in [0.15, 0.2) is 0 Å². The monoisotopic (exact) mass is 990 g/mol. The summed E-state index contributed by atoms with van der Waals surface area (Å²) in [6.45, 7) is 21.5. The smallest absolute Gasteiger partial charge is 0.305 e. The van der Waals surface area contributed by atoms with Crippen molar-refractivity contribution in [1.29, 1.82) is 0 Å². The number of carbonyl (C=O) groups excluding carboxylic acids is 4. The van der Waals surface area contributed by atoms with Gasteiger partial charge in [-0.05, 0) is 89.8 Å². The first kappa shape index (κ1) is 65.9. The molecule has 4 unspecified atom stereocenters. The predicted octanol–water partition coefficient (Wildman–Crippen LogP) is 17.0. The van der Waals surface area contributed by atoms with E-state index in [1.54, 1.807) is 0 Å². The molecule has 9 heteroatoms. The third-order valence-electron chi connectivity index (χ3n) is 15.9. The van der Waals surface area contributed by atoms with Crippen LogP contribution in [0.1, 0.15) is 299 Å². The number of ether oxygens (including phenoxy) is 4. The Kier molecular flexibility index (Phi) is 39.7. The maximum atomic E-state index is 13.6. The van der Waals surface area contributed by atoms with Crippen LogP contribution in [0, 0.1) is 22.2 Å². The van der Waals surface area contributed by atoms with Crippen LogP contribution in [0.5, 0.6) is 0 Å². The number of rotatable bonds is 48. The summed E-state index contributed by atoms with van der Waals surface area (Å²) < 4.78 is 24.8. The van der Waals surface area contributed by atoms with E-state index in [1.807, 2.05) is 0 Å². The molecule has 0 aromatic carbocycles. The normalized spacial score (nSPS) is 19.0. The van der Waals surface area contributed by atoms with Crippen molar-refractivity contribution in [3.8, 4) is 0 Å². The van der Waals surface area contributed by atoms with Crippen LogP contribution in [0.2, 0.25) is 0 Å². The summed E-state index contributed by atoms with van der Waals surface area (Å²) in [5, 5.41) is 0. The minimum absolute atomic E-state index is 0.00605. The molecule has 9 nitrogen and oxygen atoms in total. The van der Waals surface area contributed by atoms with E-state index in [1.165, 1.54) is 116 Å².